The highest BCUT2D eigenvalue weighted by atomic mass is 16.1. The summed E-state index contributed by atoms with van der Waals surface area (Å²) in [5, 5.41) is 0. The number of nitrogens with zero attached hydrogens (tertiary/aromatic N) is 1. The van der Waals surface area contributed by atoms with Gasteiger partial charge in [-0.25, -0.2) is 0 Å². The van der Waals surface area contributed by atoms with E-state index in [1.54, 1.807) is 0 Å². The summed E-state index contributed by atoms with van der Waals surface area (Å²) in [7, 11) is 2.28. The quantitative estimate of drug-likeness (QED) is 0.724. The standard InChI is InChI=1S/C21H29NO/c1-14-7-6-8-15-13-16-20(4)10-9-17(23)19(2,3)21(20,18(14)15)11-12-22(16)5/h6-8,16H,9-13H2,1-5H3/t16-,20?,21+/m1/s1. The van der Waals surface area contributed by atoms with E-state index in [4.69, 9.17) is 0 Å². The summed E-state index contributed by atoms with van der Waals surface area (Å²) >= 11 is 0. The number of hydrogen-bond donors (Lipinski definition) is 0. The normalized spacial score (nSPS) is 38.8. The van der Waals surface area contributed by atoms with E-state index in [2.05, 4.69) is 57.8 Å². The molecule has 124 valence electrons. The number of piperidine rings is 1. The van der Waals surface area contributed by atoms with Crippen LogP contribution in [0.4, 0.5) is 0 Å². The van der Waals surface area contributed by atoms with Crippen molar-refractivity contribution in [2.45, 2.75) is 64.8 Å². The molecule has 2 fully saturated rings. The Morgan fingerprint density at radius 3 is 2.65 bits per heavy atom. The number of benzene rings is 1. The van der Waals surface area contributed by atoms with Gasteiger partial charge in [-0.15, -0.1) is 0 Å². The van der Waals surface area contributed by atoms with Crippen LogP contribution < -0.4 is 0 Å². The van der Waals surface area contributed by atoms with Gasteiger partial charge in [-0.1, -0.05) is 39.0 Å². The van der Waals surface area contributed by atoms with Gasteiger partial charge in [-0.2, -0.15) is 0 Å². The molecule has 23 heavy (non-hydrogen) atoms. The minimum atomic E-state index is -0.277. The number of rotatable bonds is 0. The summed E-state index contributed by atoms with van der Waals surface area (Å²) in [6.07, 6.45) is 4.03. The van der Waals surface area contributed by atoms with E-state index in [0.29, 0.717) is 11.8 Å². The minimum absolute atomic E-state index is 0.00850. The predicted octanol–water partition coefficient (Wildman–Crippen LogP) is 3.89. The summed E-state index contributed by atoms with van der Waals surface area (Å²) < 4.78 is 0. The number of aryl methyl sites for hydroxylation is 1. The molecular weight excluding hydrogens is 282 g/mol. The highest BCUT2D eigenvalue weighted by Gasteiger charge is 2.69. The van der Waals surface area contributed by atoms with Gasteiger partial charge in [0.15, 0.2) is 0 Å². The highest BCUT2D eigenvalue weighted by Crippen LogP contribution is 2.68. The third-order valence-corrected chi connectivity index (χ3v) is 7.92. The van der Waals surface area contributed by atoms with E-state index in [1.807, 2.05) is 0 Å². The van der Waals surface area contributed by atoms with Crippen LogP contribution in [0.2, 0.25) is 0 Å². The molecule has 1 saturated heterocycles. The molecule has 1 aromatic rings. The first-order chi connectivity index (χ1) is 10.8. The molecule has 2 aliphatic carbocycles. The van der Waals surface area contributed by atoms with Crippen molar-refractivity contribution >= 4 is 5.78 Å². The Morgan fingerprint density at radius 1 is 1.17 bits per heavy atom. The first-order valence-electron chi connectivity index (χ1n) is 9.08. The Labute approximate surface area is 140 Å². The summed E-state index contributed by atoms with van der Waals surface area (Å²) in [5.74, 6) is 0.467. The molecule has 0 radical (unpaired) electrons. The number of ketones is 1. The lowest BCUT2D eigenvalue weighted by Gasteiger charge is -2.69. The number of carbonyl (C=O) groups is 1. The zero-order valence-corrected chi connectivity index (χ0v) is 15.2. The average molecular weight is 311 g/mol. The Hall–Kier alpha value is -1.15. The maximum atomic E-state index is 13.0. The molecule has 0 spiro atoms. The van der Waals surface area contributed by atoms with E-state index in [0.717, 1.165) is 32.2 Å². The van der Waals surface area contributed by atoms with Crippen molar-refractivity contribution in [2.24, 2.45) is 10.8 Å². The van der Waals surface area contributed by atoms with Crippen molar-refractivity contribution < 1.29 is 4.79 Å². The molecule has 2 nitrogen and oxygen atoms in total. The van der Waals surface area contributed by atoms with Gasteiger partial charge in [0.25, 0.3) is 0 Å². The number of likely N-dealkylation sites (N-methyl/N-ethyl adjacent to an activating group) is 1. The average Bonchev–Trinajstić information content (AvgIpc) is 2.48. The van der Waals surface area contributed by atoms with Crippen LogP contribution in [-0.2, 0) is 16.6 Å². The molecule has 1 aromatic carbocycles. The molecular formula is C21H29NO. The smallest absolute Gasteiger partial charge is 0.139 e. The van der Waals surface area contributed by atoms with Crippen molar-refractivity contribution in [2.75, 3.05) is 13.6 Å². The van der Waals surface area contributed by atoms with Crippen molar-refractivity contribution in [1.29, 1.82) is 0 Å². The molecule has 1 saturated carbocycles. The largest absolute Gasteiger partial charge is 0.302 e. The molecule has 0 aromatic heterocycles. The van der Waals surface area contributed by atoms with Crippen LogP contribution in [0.1, 0.15) is 56.7 Å². The van der Waals surface area contributed by atoms with Crippen molar-refractivity contribution in [3.05, 3.63) is 34.9 Å². The van der Waals surface area contributed by atoms with E-state index in [-0.39, 0.29) is 16.2 Å². The highest BCUT2D eigenvalue weighted by molar-refractivity contribution is 5.88. The molecule has 1 heterocycles. The van der Waals surface area contributed by atoms with Gasteiger partial charge >= 0.3 is 0 Å². The van der Waals surface area contributed by atoms with Crippen LogP contribution in [0, 0.1) is 17.8 Å². The van der Waals surface area contributed by atoms with E-state index < -0.39 is 0 Å². The molecule has 2 heteroatoms. The maximum absolute atomic E-state index is 13.0. The first-order valence-corrected chi connectivity index (χ1v) is 9.08. The number of likely N-dealkylation sites (tertiary alicyclic amines) is 1. The van der Waals surface area contributed by atoms with Gasteiger partial charge < -0.3 is 4.90 Å². The lowest BCUT2D eigenvalue weighted by molar-refractivity contribution is -0.162. The van der Waals surface area contributed by atoms with Gasteiger partial charge in [0.2, 0.25) is 0 Å². The van der Waals surface area contributed by atoms with Crippen LogP contribution in [0.15, 0.2) is 18.2 Å². The summed E-state index contributed by atoms with van der Waals surface area (Å²) in [5.41, 5.74) is 4.30. The first kappa shape index (κ1) is 15.4. The van der Waals surface area contributed by atoms with Gasteiger partial charge in [0.05, 0.1) is 0 Å². The van der Waals surface area contributed by atoms with Crippen molar-refractivity contribution in [1.82, 2.24) is 4.90 Å². The number of carbonyl (C=O) groups excluding carboxylic acids is 1. The second-order valence-corrected chi connectivity index (χ2v) is 8.93. The number of hydrogen-bond acceptors (Lipinski definition) is 2. The fraction of sp³-hybridized carbons (Fsp3) is 0.667. The van der Waals surface area contributed by atoms with Crippen molar-refractivity contribution in [3.8, 4) is 0 Å². The van der Waals surface area contributed by atoms with E-state index in [1.165, 1.54) is 16.7 Å². The molecule has 2 bridgehead atoms. The summed E-state index contributed by atoms with van der Waals surface area (Å²) in [4.78, 5) is 15.6. The van der Waals surface area contributed by atoms with E-state index >= 15 is 0 Å². The topological polar surface area (TPSA) is 20.3 Å². The van der Waals surface area contributed by atoms with Crippen LogP contribution >= 0.6 is 0 Å². The number of Topliss-reactive ketones (excluding diaryl/α,β-unsaturated/α-hetero) is 1. The van der Waals surface area contributed by atoms with Gasteiger partial charge in [0.1, 0.15) is 5.78 Å². The minimum Gasteiger partial charge on any atom is -0.302 e. The van der Waals surface area contributed by atoms with Crippen LogP contribution in [0.3, 0.4) is 0 Å². The lowest BCUT2D eigenvalue weighted by atomic mass is 9.37. The van der Waals surface area contributed by atoms with Gasteiger partial charge in [0, 0.05) is 23.3 Å². The Bertz CT molecular complexity index is 691. The van der Waals surface area contributed by atoms with Crippen LogP contribution in [0.5, 0.6) is 0 Å². The second kappa shape index (κ2) is 4.47. The molecule has 4 rings (SSSR count). The van der Waals surface area contributed by atoms with E-state index in [9.17, 15) is 4.79 Å². The molecule has 1 aliphatic heterocycles. The lowest BCUT2D eigenvalue weighted by Crippen LogP contribution is -2.72. The molecule has 0 amide bonds. The predicted molar refractivity (Wildman–Crippen MR) is 93.7 cm³/mol. The number of fused-ring (bicyclic) bond motifs is 1. The second-order valence-electron chi connectivity index (χ2n) is 8.93. The maximum Gasteiger partial charge on any atom is 0.139 e. The fourth-order valence-corrected chi connectivity index (χ4v) is 6.71. The Morgan fingerprint density at radius 2 is 1.91 bits per heavy atom. The monoisotopic (exact) mass is 311 g/mol. The van der Waals surface area contributed by atoms with Gasteiger partial charge in [-0.3, -0.25) is 4.79 Å². The summed E-state index contributed by atoms with van der Waals surface area (Å²) in [6.45, 7) is 10.3. The van der Waals surface area contributed by atoms with Gasteiger partial charge in [-0.05, 0) is 61.9 Å². The molecule has 3 aliphatic rings. The Kier molecular flexibility index (Phi) is 2.99. The zero-order valence-electron chi connectivity index (χ0n) is 15.2. The molecule has 1 unspecified atom stereocenters. The Balaban J connectivity index is 2.10. The third kappa shape index (κ3) is 1.56. The van der Waals surface area contributed by atoms with Crippen LogP contribution in [0.25, 0.3) is 0 Å². The molecule has 0 N–H and O–H groups in total. The van der Waals surface area contributed by atoms with Crippen LogP contribution in [-0.4, -0.2) is 30.3 Å². The molecule has 3 atom stereocenters. The summed E-state index contributed by atoms with van der Waals surface area (Å²) in [6, 6.07) is 7.31. The SMILES string of the molecule is Cc1cccc2c1[C@]13CCN(C)[C@H](C2)C1(C)CCC(=O)C3(C)C. The van der Waals surface area contributed by atoms with Crippen molar-refractivity contribution in [3.63, 3.8) is 0 Å². The fourth-order valence-electron chi connectivity index (χ4n) is 6.71. The third-order valence-electron chi connectivity index (χ3n) is 7.92. The zero-order chi connectivity index (χ0) is 16.6.